The van der Waals surface area contributed by atoms with E-state index in [-0.39, 0.29) is 12.1 Å². The highest BCUT2D eigenvalue weighted by Gasteiger charge is 2.15. The third kappa shape index (κ3) is 3.11. The summed E-state index contributed by atoms with van der Waals surface area (Å²) in [6.07, 6.45) is 5.00. The van der Waals surface area contributed by atoms with Crippen molar-refractivity contribution < 1.29 is 9.90 Å². The first-order valence-corrected chi connectivity index (χ1v) is 7.53. The van der Waals surface area contributed by atoms with Gasteiger partial charge in [-0.05, 0) is 36.0 Å². The monoisotopic (exact) mass is 377 g/mol. The molecule has 0 radical (unpaired) electrons. The molecule has 0 saturated carbocycles. The molecule has 0 aliphatic carbocycles. The van der Waals surface area contributed by atoms with Gasteiger partial charge in [-0.2, -0.15) is 0 Å². The molecule has 1 aliphatic rings. The molecule has 0 fully saturated rings. The number of fused-ring (bicyclic) bond motifs is 1. The second-order valence-corrected chi connectivity index (χ2v) is 6.05. The number of carboxylic acids is 1. The van der Waals surface area contributed by atoms with Crippen LogP contribution < -0.4 is 11.1 Å². The first kappa shape index (κ1) is 15.3. The lowest BCUT2D eigenvalue weighted by atomic mass is 10.1. The number of carboxylic acid groups (broad SMARTS) is 1. The minimum absolute atomic E-state index is 0.257. The van der Waals surface area contributed by atoms with Gasteiger partial charge in [0.1, 0.15) is 0 Å². The van der Waals surface area contributed by atoms with Crippen LogP contribution in [0.5, 0.6) is 0 Å². The normalized spacial score (nSPS) is 14.1. The Balaban J connectivity index is 2.01. The molecular formula is C15H12BrN3O4. The van der Waals surface area contributed by atoms with Crippen LogP contribution >= 0.6 is 15.9 Å². The summed E-state index contributed by atoms with van der Waals surface area (Å²) >= 11 is 3.37. The van der Waals surface area contributed by atoms with Crippen LogP contribution in [0.1, 0.15) is 5.56 Å². The summed E-state index contributed by atoms with van der Waals surface area (Å²) in [5, 5.41) is 9.08. The van der Waals surface area contributed by atoms with Crippen LogP contribution in [0.25, 0.3) is 11.0 Å². The molecule has 0 atom stereocenters. The van der Waals surface area contributed by atoms with Gasteiger partial charge in [-0.25, -0.2) is 4.79 Å². The third-order valence-corrected chi connectivity index (χ3v) is 3.95. The Labute approximate surface area is 138 Å². The number of carbonyl (C=O) groups is 1. The number of allylic oxidation sites excluding steroid dienone is 2. The maximum atomic E-state index is 11.6. The summed E-state index contributed by atoms with van der Waals surface area (Å²) in [7, 11) is 0. The van der Waals surface area contributed by atoms with Crippen LogP contribution in [-0.4, -0.2) is 32.5 Å². The van der Waals surface area contributed by atoms with Crippen molar-refractivity contribution in [3.05, 3.63) is 66.8 Å². The molecule has 2 heterocycles. The number of aromatic nitrogens is 2. The van der Waals surface area contributed by atoms with Crippen LogP contribution in [0.15, 0.2) is 50.1 Å². The van der Waals surface area contributed by atoms with E-state index in [1.807, 2.05) is 11.0 Å². The second-order valence-electron chi connectivity index (χ2n) is 5.14. The summed E-state index contributed by atoms with van der Waals surface area (Å²) in [5.41, 5.74) is 0.649. The van der Waals surface area contributed by atoms with Gasteiger partial charge < -0.3 is 20.0 Å². The third-order valence-electron chi connectivity index (χ3n) is 3.49. The molecule has 118 valence electrons. The fraction of sp³-hybridized carbons (Fsp3) is 0.133. The Morgan fingerprint density at radius 2 is 2.00 bits per heavy atom. The molecule has 8 heteroatoms. The fourth-order valence-corrected chi connectivity index (χ4v) is 2.96. The van der Waals surface area contributed by atoms with Gasteiger partial charge in [0, 0.05) is 17.6 Å². The lowest BCUT2D eigenvalue weighted by molar-refractivity contribution is -0.132. The number of H-pyrrole nitrogens is 2. The molecule has 0 unspecified atom stereocenters. The molecule has 0 amide bonds. The van der Waals surface area contributed by atoms with Gasteiger partial charge in [-0.1, -0.05) is 15.9 Å². The lowest BCUT2D eigenvalue weighted by Gasteiger charge is -2.23. The number of rotatable bonds is 3. The van der Waals surface area contributed by atoms with Gasteiger partial charge in [0.15, 0.2) is 0 Å². The molecule has 0 bridgehead atoms. The summed E-state index contributed by atoms with van der Waals surface area (Å²) in [5.74, 6) is -0.962. The second kappa shape index (κ2) is 5.88. The van der Waals surface area contributed by atoms with Crippen LogP contribution in [-0.2, 0) is 11.3 Å². The average Bonchev–Trinajstić information content (AvgIpc) is 2.49. The van der Waals surface area contributed by atoms with E-state index in [1.165, 1.54) is 0 Å². The zero-order valence-corrected chi connectivity index (χ0v) is 13.4. The van der Waals surface area contributed by atoms with Crippen LogP contribution in [0.3, 0.4) is 0 Å². The molecular weight excluding hydrogens is 366 g/mol. The Bertz CT molecular complexity index is 971. The number of halogens is 1. The zero-order chi connectivity index (χ0) is 16.6. The predicted octanol–water partition coefficient (Wildman–Crippen LogP) is 1.32. The van der Waals surface area contributed by atoms with Crippen LogP contribution in [0, 0.1) is 0 Å². The Kier molecular flexibility index (Phi) is 3.91. The van der Waals surface area contributed by atoms with Gasteiger partial charge in [0.2, 0.25) is 0 Å². The summed E-state index contributed by atoms with van der Waals surface area (Å²) in [4.78, 5) is 41.0. The van der Waals surface area contributed by atoms with Crippen molar-refractivity contribution in [3.8, 4) is 0 Å². The largest absolute Gasteiger partial charge is 0.478 e. The van der Waals surface area contributed by atoms with Gasteiger partial charge in [-0.15, -0.1) is 0 Å². The molecule has 7 nitrogen and oxygen atoms in total. The quantitative estimate of drug-likeness (QED) is 0.699. The van der Waals surface area contributed by atoms with Crippen molar-refractivity contribution in [2.45, 2.75) is 6.54 Å². The van der Waals surface area contributed by atoms with Crippen molar-refractivity contribution in [2.24, 2.45) is 0 Å². The van der Waals surface area contributed by atoms with Gasteiger partial charge in [-0.3, -0.25) is 9.59 Å². The predicted molar refractivity (Wildman–Crippen MR) is 88.2 cm³/mol. The number of aliphatic carboxylic acids is 1. The smallest absolute Gasteiger partial charge is 0.333 e. The van der Waals surface area contributed by atoms with Crippen molar-refractivity contribution in [1.29, 1.82) is 0 Å². The van der Waals surface area contributed by atoms with Gasteiger partial charge in [0.25, 0.3) is 0 Å². The Hall–Kier alpha value is -2.61. The first-order chi connectivity index (χ1) is 10.9. The minimum atomic E-state index is -0.962. The fourth-order valence-electron chi connectivity index (χ4n) is 2.46. The van der Waals surface area contributed by atoms with E-state index >= 15 is 0 Å². The molecule has 2 aromatic rings. The highest BCUT2D eigenvalue weighted by Crippen LogP contribution is 2.22. The molecule has 3 N–H and O–H groups in total. The number of benzene rings is 1. The molecule has 23 heavy (non-hydrogen) atoms. The maximum Gasteiger partial charge on any atom is 0.333 e. The molecule has 1 aliphatic heterocycles. The van der Waals surface area contributed by atoms with Crippen molar-refractivity contribution in [3.63, 3.8) is 0 Å². The SMILES string of the molecule is O=C(O)C1=CC=CN(Cc2cc(Br)cc3[nH]c(=O)c(=O)[nH]c23)C1. The number of nitrogens with zero attached hydrogens (tertiary/aromatic N) is 1. The summed E-state index contributed by atoms with van der Waals surface area (Å²) < 4.78 is 0.748. The number of aromatic amines is 2. The zero-order valence-electron chi connectivity index (χ0n) is 11.8. The average molecular weight is 378 g/mol. The summed E-state index contributed by atoms with van der Waals surface area (Å²) in [6.45, 7) is 0.645. The van der Waals surface area contributed by atoms with E-state index in [1.54, 1.807) is 24.4 Å². The van der Waals surface area contributed by atoms with Gasteiger partial charge >= 0.3 is 17.1 Å². The summed E-state index contributed by atoms with van der Waals surface area (Å²) in [6, 6.07) is 3.52. The molecule has 1 aromatic carbocycles. The molecule has 0 spiro atoms. The van der Waals surface area contributed by atoms with E-state index in [9.17, 15) is 14.4 Å². The van der Waals surface area contributed by atoms with Gasteiger partial charge in [0.05, 0.1) is 16.6 Å². The van der Waals surface area contributed by atoms with Crippen molar-refractivity contribution in [1.82, 2.24) is 14.9 Å². The number of nitrogens with one attached hydrogen (secondary N) is 2. The topological polar surface area (TPSA) is 106 Å². The van der Waals surface area contributed by atoms with Crippen molar-refractivity contribution in [2.75, 3.05) is 6.54 Å². The first-order valence-electron chi connectivity index (χ1n) is 6.73. The standard InChI is InChI=1S/C15H12BrN3O4/c16-10-4-9(7-19-3-1-2-8(6-19)15(22)23)12-11(5-10)17-13(20)14(21)18-12/h1-5H,6-7H2,(H,17,20)(H,18,21)(H,22,23). The molecule has 0 saturated heterocycles. The molecule has 3 rings (SSSR count). The maximum absolute atomic E-state index is 11.6. The highest BCUT2D eigenvalue weighted by atomic mass is 79.9. The van der Waals surface area contributed by atoms with E-state index in [0.29, 0.717) is 17.6 Å². The number of hydrogen-bond donors (Lipinski definition) is 3. The van der Waals surface area contributed by atoms with E-state index in [2.05, 4.69) is 25.9 Å². The lowest BCUT2D eigenvalue weighted by Crippen LogP contribution is -2.30. The Morgan fingerprint density at radius 1 is 1.26 bits per heavy atom. The minimum Gasteiger partial charge on any atom is -0.478 e. The van der Waals surface area contributed by atoms with Crippen molar-refractivity contribution >= 4 is 32.9 Å². The van der Waals surface area contributed by atoms with E-state index in [4.69, 9.17) is 5.11 Å². The van der Waals surface area contributed by atoms with Crippen LogP contribution in [0.2, 0.25) is 0 Å². The van der Waals surface area contributed by atoms with E-state index < -0.39 is 17.1 Å². The highest BCUT2D eigenvalue weighted by molar-refractivity contribution is 9.10. The Morgan fingerprint density at radius 3 is 2.74 bits per heavy atom. The molecule has 1 aromatic heterocycles. The van der Waals surface area contributed by atoms with Crippen LogP contribution in [0.4, 0.5) is 0 Å². The van der Waals surface area contributed by atoms with E-state index in [0.717, 1.165) is 10.0 Å². The number of hydrogen-bond acceptors (Lipinski definition) is 4.